The van der Waals surface area contributed by atoms with Crippen molar-refractivity contribution in [1.29, 1.82) is 0 Å². The zero-order valence-electron chi connectivity index (χ0n) is 15.7. The van der Waals surface area contributed by atoms with Gasteiger partial charge in [-0.15, -0.1) is 0 Å². The second-order valence-electron chi connectivity index (χ2n) is 6.78. The summed E-state index contributed by atoms with van der Waals surface area (Å²) < 4.78 is 16.2. The molecule has 2 heterocycles. The Morgan fingerprint density at radius 3 is 2.77 bits per heavy atom. The summed E-state index contributed by atoms with van der Waals surface area (Å²) in [6, 6.07) is 4.27. The highest BCUT2D eigenvalue weighted by Crippen LogP contribution is 2.33. The fraction of sp³-hybridized carbons (Fsp3) is 0.632. The Morgan fingerprint density at radius 1 is 1.31 bits per heavy atom. The van der Waals surface area contributed by atoms with Crippen LogP contribution in [0.3, 0.4) is 0 Å². The van der Waals surface area contributed by atoms with E-state index in [4.69, 9.17) is 14.2 Å². The topological polar surface area (TPSA) is 72.1 Å². The van der Waals surface area contributed by atoms with Crippen LogP contribution in [-0.2, 0) is 22.5 Å². The smallest absolute Gasteiger partial charge is 0.221 e. The summed E-state index contributed by atoms with van der Waals surface area (Å²) in [4.78, 5) is 14.4. The van der Waals surface area contributed by atoms with Crippen molar-refractivity contribution in [2.24, 2.45) is 0 Å². The van der Waals surface area contributed by atoms with Gasteiger partial charge in [0.05, 0.1) is 27.4 Å². The minimum absolute atomic E-state index is 0.0804. The van der Waals surface area contributed by atoms with Crippen LogP contribution in [-0.4, -0.2) is 70.5 Å². The maximum Gasteiger partial charge on any atom is 0.221 e. The molecule has 1 aromatic carbocycles. The lowest BCUT2D eigenvalue weighted by Crippen LogP contribution is -2.45. The molecule has 1 atom stereocenters. The molecular weight excluding hydrogens is 334 g/mol. The lowest BCUT2D eigenvalue weighted by molar-refractivity contribution is -0.122. The monoisotopic (exact) mass is 363 g/mol. The first-order valence-corrected chi connectivity index (χ1v) is 9.23. The van der Waals surface area contributed by atoms with Gasteiger partial charge in [-0.05, 0) is 29.7 Å². The van der Waals surface area contributed by atoms with Gasteiger partial charge in [0.1, 0.15) is 0 Å². The number of benzene rings is 1. The predicted octanol–water partition coefficient (Wildman–Crippen LogP) is 0.557. The van der Waals surface area contributed by atoms with E-state index in [0.717, 1.165) is 50.7 Å². The van der Waals surface area contributed by atoms with Gasteiger partial charge >= 0.3 is 0 Å². The third-order valence-corrected chi connectivity index (χ3v) is 4.98. The number of ether oxygens (including phenoxy) is 3. The highest BCUT2D eigenvalue weighted by atomic mass is 16.5. The van der Waals surface area contributed by atoms with E-state index in [1.54, 1.807) is 14.2 Å². The van der Waals surface area contributed by atoms with Gasteiger partial charge in [0.15, 0.2) is 11.5 Å². The Hall–Kier alpha value is -1.83. The molecule has 0 aliphatic carbocycles. The van der Waals surface area contributed by atoms with E-state index < -0.39 is 0 Å². The normalized spacial score (nSPS) is 20.3. The number of carbonyl (C=O) groups is 1. The largest absolute Gasteiger partial charge is 0.493 e. The average Bonchev–Trinajstić information content (AvgIpc) is 2.67. The van der Waals surface area contributed by atoms with E-state index in [-0.39, 0.29) is 11.9 Å². The van der Waals surface area contributed by atoms with Gasteiger partial charge < -0.3 is 24.8 Å². The van der Waals surface area contributed by atoms with E-state index in [1.165, 1.54) is 11.1 Å². The fourth-order valence-electron chi connectivity index (χ4n) is 3.53. The van der Waals surface area contributed by atoms with Crippen LogP contribution in [0.2, 0.25) is 0 Å². The number of methoxy groups -OCH3 is 2. The number of hydrogen-bond acceptors (Lipinski definition) is 6. The standard InChI is InChI=1S/C19H29N3O4/c1-24-17-9-14-3-6-22(12-15(14)10-18(17)25-2)7-4-21-19(23)11-16-13-26-8-5-20-16/h9-10,16,20H,3-8,11-13H2,1-2H3,(H,21,23). The number of fused-ring (bicyclic) bond motifs is 1. The summed E-state index contributed by atoms with van der Waals surface area (Å²) in [7, 11) is 3.32. The van der Waals surface area contributed by atoms with Crippen molar-refractivity contribution >= 4 is 5.91 Å². The molecule has 2 aliphatic rings. The van der Waals surface area contributed by atoms with Crippen molar-refractivity contribution in [3.05, 3.63) is 23.3 Å². The van der Waals surface area contributed by atoms with Gasteiger partial charge in [0.2, 0.25) is 5.91 Å². The van der Waals surface area contributed by atoms with Gasteiger partial charge in [-0.1, -0.05) is 0 Å². The number of morpholine rings is 1. The molecule has 7 heteroatoms. The summed E-state index contributed by atoms with van der Waals surface area (Å²) in [5, 5.41) is 6.32. The fourth-order valence-corrected chi connectivity index (χ4v) is 3.53. The van der Waals surface area contributed by atoms with Gasteiger partial charge in [0.25, 0.3) is 0 Å². The van der Waals surface area contributed by atoms with E-state index in [1.807, 2.05) is 0 Å². The van der Waals surface area contributed by atoms with Crippen LogP contribution in [0.1, 0.15) is 17.5 Å². The molecular formula is C19H29N3O4. The van der Waals surface area contributed by atoms with Gasteiger partial charge in [-0.2, -0.15) is 0 Å². The van der Waals surface area contributed by atoms with E-state index in [9.17, 15) is 4.79 Å². The molecule has 1 unspecified atom stereocenters. The Balaban J connectivity index is 1.45. The summed E-state index contributed by atoms with van der Waals surface area (Å²) in [6.45, 7) is 5.51. The Morgan fingerprint density at radius 2 is 2.08 bits per heavy atom. The molecule has 3 rings (SSSR count). The molecule has 1 amide bonds. The maximum atomic E-state index is 12.0. The van der Waals surface area contributed by atoms with Crippen molar-refractivity contribution in [3.8, 4) is 11.5 Å². The summed E-state index contributed by atoms with van der Waals surface area (Å²) in [5.41, 5.74) is 2.58. The molecule has 7 nitrogen and oxygen atoms in total. The summed E-state index contributed by atoms with van der Waals surface area (Å²) in [6.07, 6.45) is 1.45. The molecule has 0 bridgehead atoms. The third-order valence-electron chi connectivity index (χ3n) is 4.98. The Bertz CT molecular complexity index is 617. The first-order chi connectivity index (χ1) is 12.7. The molecule has 1 saturated heterocycles. The molecule has 0 spiro atoms. The lowest BCUT2D eigenvalue weighted by Gasteiger charge is -2.29. The van der Waals surface area contributed by atoms with Crippen LogP contribution in [0.5, 0.6) is 11.5 Å². The number of nitrogens with zero attached hydrogens (tertiary/aromatic N) is 1. The van der Waals surface area contributed by atoms with Crippen LogP contribution >= 0.6 is 0 Å². The molecule has 26 heavy (non-hydrogen) atoms. The minimum Gasteiger partial charge on any atom is -0.493 e. The molecule has 0 saturated carbocycles. The van der Waals surface area contributed by atoms with Gasteiger partial charge in [-0.3, -0.25) is 9.69 Å². The van der Waals surface area contributed by atoms with Crippen LogP contribution in [0.4, 0.5) is 0 Å². The summed E-state index contributed by atoms with van der Waals surface area (Å²) in [5.74, 6) is 1.63. The number of carbonyl (C=O) groups excluding carboxylic acids is 1. The van der Waals surface area contributed by atoms with Crippen molar-refractivity contribution in [2.45, 2.75) is 25.4 Å². The van der Waals surface area contributed by atoms with Gasteiger partial charge in [-0.25, -0.2) is 0 Å². The zero-order chi connectivity index (χ0) is 18.4. The van der Waals surface area contributed by atoms with E-state index in [2.05, 4.69) is 27.7 Å². The van der Waals surface area contributed by atoms with Crippen LogP contribution in [0, 0.1) is 0 Å². The first kappa shape index (κ1) is 18.9. The van der Waals surface area contributed by atoms with Crippen LogP contribution < -0.4 is 20.1 Å². The molecule has 1 aromatic rings. The number of rotatable bonds is 7. The number of nitrogens with one attached hydrogen (secondary N) is 2. The quantitative estimate of drug-likeness (QED) is 0.738. The molecule has 144 valence electrons. The second-order valence-corrected chi connectivity index (χ2v) is 6.78. The van der Waals surface area contributed by atoms with Crippen LogP contribution in [0.15, 0.2) is 12.1 Å². The minimum atomic E-state index is 0.0804. The molecule has 0 aromatic heterocycles. The SMILES string of the molecule is COc1cc2c(cc1OC)CN(CCNC(=O)CC1COCCN1)CC2. The van der Waals surface area contributed by atoms with Crippen molar-refractivity contribution in [3.63, 3.8) is 0 Å². The van der Waals surface area contributed by atoms with Crippen LogP contribution in [0.25, 0.3) is 0 Å². The Labute approximate surface area is 155 Å². The predicted molar refractivity (Wildman–Crippen MR) is 98.8 cm³/mol. The second kappa shape index (κ2) is 9.21. The van der Waals surface area contributed by atoms with Gasteiger partial charge in [0, 0.05) is 45.2 Å². The highest BCUT2D eigenvalue weighted by molar-refractivity contribution is 5.76. The molecule has 2 aliphatic heterocycles. The first-order valence-electron chi connectivity index (χ1n) is 9.23. The zero-order valence-corrected chi connectivity index (χ0v) is 15.7. The molecule has 1 fully saturated rings. The maximum absolute atomic E-state index is 12.0. The number of hydrogen-bond donors (Lipinski definition) is 2. The summed E-state index contributed by atoms with van der Waals surface area (Å²) >= 11 is 0. The van der Waals surface area contributed by atoms with E-state index in [0.29, 0.717) is 19.6 Å². The van der Waals surface area contributed by atoms with Crippen molar-refractivity contribution < 1.29 is 19.0 Å². The molecule has 0 radical (unpaired) electrons. The molecule has 2 N–H and O–H groups in total. The Kier molecular flexibility index (Phi) is 6.71. The number of amides is 1. The van der Waals surface area contributed by atoms with Crippen molar-refractivity contribution in [1.82, 2.24) is 15.5 Å². The lowest BCUT2D eigenvalue weighted by atomic mass is 9.99. The highest BCUT2D eigenvalue weighted by Gasteiger charge is 2.20. The average molecular weight is 363 g/mol. The van der Waals surface area contributed by atoms with Crippen molar-refractivity contribution in [2.75, 3.05) is 53.6 Å². The van der Waals surface area contributed by atoms with E-state index >= 15 is 0 Å². The third kappa shape index (κ3) is 4.87.